The molecule has 1 heterocycles. The molecular formula is C4H6BrNS. The van der Waals surface area contributed by atoms with E-state index in [9.17, 15) is 0 Å². The first-order chi connectivity index (χ1) is 3.00. The van der Waals surface area contributed by atoms with Gasteiger partial charge in [0.1, 0.15) is 0 Å². The molecule has 0 bridgehead atoms. The maximum Gasteiger partial charge on any atom is 0.191 e. The molecule has 0 aromatic heterocycles. The van der Waals surface area contributed by atoms with Crippen molar-refractivity contribution in [1.29, 1.82) is 0 Å². The van der Waals surface area contributed by atoms with E-state index in [0.717, 1.165) is 5.88 Å². The molecule has 3 heteroatoms. The Morgan fingerprint density at radius 3 is 2.57 bits per heavy atom. The Labute approximate surface area is 57.7 Å². The summed E-state index contributed by atoms with van der Waals surface area (Å²) < 4.78 is 0. The molecule has 1 nitrogen and oxygen atoms in total. The molecule has 0 unspecified atom stereocenters. The quantitative estimate of drug-likeness (QED) is 0.406. The third kappa shape index (κ3) is 2.88. The van der Waals surface area contributed by atoms with E-state index < -0.39 is 0 Å². The van der Waals surface area contributed by atoms with Gasteiger partial charge in [-0.25, -0.2) is 4.99 Å². The van der Waals surface area contributed by atoms with Gasteiger partial charge in [-0.05, 0) is 5.41 Å². The Morgan fingerprint density at radius 1 is 1.57 bits per heavy atom. The zero-order chi connectivity index (χ0) is 4.24. The molecule has 40 valence electrons. The Morgan fingerprint density at radius 2 is 2.43 bits per heavy atom. The predicted molar refractivity (Wildman–Crippen MR) is 28.6 cm³/mol. The summed E-state index contributed by atoms with van der Waals surface area (Å²) in [5.74, 6) is 1.02. The molecule has 1 N–H and O–H groups in total. The highest BCUT2D eigenvalue weighted by atomic mass is 79.9. The van der Waals surface area contributed by atoms with Crippen LogP contribution in [0.25, 0.3) is 0 Å². The lowest BCUT2D eigenvalue weighted by Crippen LogP contribution is -3.00. The number of hydrogen-bond acceptors (Lipinski definition) is 1. The highest BCUT2D eigenvalue weighted by Crippen LogP contribution is 1.94. The zero-order valence-electron chi connectivity index (χ0n) is 3.73. The molecule has 0 aliphatic carbocycles. The first-order valence-corrected chi connectivity index (χ1v) is 2.88. The number of nitrogens with one attached hydrogen (secondary N) is 1. The van der Waals surface area contributed by atoms with Crippen molar-refractivity contribution < 1.29 is 22.0 Å². The van der Waals surface area contributed by atoms with Crippen molar-refractivity contribution in [2.24, 2.45) is 0 Å². The van der Waals surface area contributed by atoms with Gasteiger partial charge in [0, 0.05) is 6.08 Å². The second kappa shape index (κ2) is 4.40. The van der Waals surface area contributed by atoms with Crippen LogP contribution in [0.1, 0.15) is 0 Å². The van der Waals surface area contributed by atoms with E-state index in [1.54, 1.807) is 11.8 Å². The largest absolute Gasteiger partial charge is 1.00 e. The smallest absolute Gasteiger partial charge is 0.191 e. The van der Waals surface area contributed by atoms with Crippen LogP contribution in [0.3, 0.4) is 0 Å². The van der Waals surface area contributed by atoms with Crippen molar-refractivity contribution in [3.8, 4) is 0 Å². The molecule has 0 spiro atoms. The summed E-state index contributed by atoms with van der Waals surface area (Å²) in [5, 5.41) is 2.07. The van der Waals surface area contributed by atoms with Crippen LogP contribution < -0.4 is 22.0 Å². The Balaban J connectivity index is 0.000000360. The van der Waals surface area contributed by atoms with E-state index >= 15 is 0 Å². The van der Waals surface area contributed by atoms with Crippen molar-refractivity contribution >= 4 is 18.0 Å². The first-order valence-electron chi connectivity index (χ1n) is 1.83. The van der Waals surface area contributed by atoms with Crippen molar-refractivity contribution in [2.45, 2.75) is 0 Å². The van der Waals surface area contributed by atoms with Crippen LogP contribution in [0.2, 0.25) is 0 Å². The summed E-state index contributed by atoms with van der Waals surface area (Å²) in [6, 6.07) is 0. The minimum atomic E-state index is 0. The van der Waals surface area contributed by atoms with Gasteiger partial charge in [0.05, 0.1) is 0 Å². The SMILES string of the molecule is C1=CSC[NH+]=C1.[Br-]. The summed E-state index contributed by atoms with van der Waals surface area (Å²) in [4.78, 5) is 3.04. The fourth-order valence-electron chi connectivity index (χ4n) is 0.307. The standard InChI is InChI=1S/C4H5NS.BrH/c1-2-5-4-6-3-1;/h1-3H,4H2;1H. The van der Waals surface area contributed by atoms with Crippen LogP contribution in [0, 0.1) is 0 Å². The molecule has 1 rings (SSSR count). The number of halogens is 1. The average molecular weight is 180 g/mol. The molecule has 0 saturated heterocycles. The lowest BCUT2D eigenvalue weighted by molar-refractivity contribution is -0.425. The third-order valence-electron chi connectivity index (χ3n) is 0.556. The van der Waals surface area contributed by atoms with Crippen LogP contribution in [0.5, 0.6) is 0 Å². The lowest BCUT2D eigenvalue weighted by Gasteiger charge is -1.82. The Kier molecular flexibility index (Phi) is 4.55. The Hall–Kier alpha value is 0.240. The van der Waals surface area contributed by atoms with Gasteiger partial charge in [0.25, 0.3) is 0 Å². The van der Waals surface area contributed by atoms with Gasteiger partial charge in [0.2, 0.25) is 0 Å². The van der Waals surface area contributed by atoms with Gasteiger partial charge in [-0.1, -0.05) is 11.8 Å². The van der Waals surface area contributed by atoms with Crippen molar-refractivity contribution in [3.05, 3.63) is 11.5 Å². The number of rotatable bonds is 0. The summed E-state index contributed by atoms with van der Waals surface area (Å²) in [6.07, 6.45) is 3.94. The minimum absolute atomic E-state index is 0. The lowest BCUT2D eigenvalue weighted by atomic mass is 10.7. The van der Waals surface area contributed by atoms with Crippen LogP contribution in [-0.2, 0) is 0 Å². The number of hydrogen-bond donors (Lipinski definition) is 1. The molecule has 0 aromatic rings. The van der Waals surface area contributed by atoms with E-state index in [1.165, 1.54) is 0 Å². The van der Waals surface area contributed by atoms with E-state index in [-0.39, 0.29) is 17.0 Å². The fourth-order valence-corrected chi connectivity index (χ4v) is 0.786. The van der Waals surface area contributed by atoms with Gasteiger partial charge in [-0.3, -0.25) is 0 Å². The summed E-state index contributed by atoms with van der Waals surface area (Å²) in [7, 11) is 0. The average Bonchev–Trinajstić information content (AvgIpc) is 1.72. The highest BCUT2D eigenvalue weighted by Gasteiger charge is 1.84. The van der Waals surface area contributed by atoms with E-state index in [0.29, 0.717) is 0 Å². The van der Waals surface area contributed by atoms with Gasteiger partial charge in [0.15, 0.2) is 12.1 Å². The fraction of sp³-hybridized carbons (Fsp3) is 0.250. The first kappa shape index (κ1) is 7.24. The molecule has 7 heavy (non-hydrogen) atoms. The van der Waals surface area contributed by atoms with Crippen molar-refractivity contribution in [2.75, 3.05) is 5.88 Å². The monoisotopic (exact) mass is 179 g/mol. The second-order valence-corrected chi connectivity index (χ2v) is 1.90. The summed E-state index contributed by atoms with van der Waals surface area (Å²) in [5.41, 5.74) is 0. The molecule has 0 amide bonds. The maximum absolute atomic E-state index is 3.04. The van der Waals surface area contributed by atoms with E-state index in [2.05, 4.69) is 10.4 Å². The Bertz CT molecular complexity index is 77.7. The van der Waals surface area contributed by atoms with Gasteiger partial charge in [-0.2, -0.15) is 0 Å². The third-order valence-corrected chi connectivity index (χ3v) is 1.24. The van der Waals surface area contributed by atoms with E-state index in [4.69, 9.17) is 0 Å². The summed E-state index contributed by atoms with van der Waals surface area (Å²) >= 11 is 1.77. The number of thioether (sulfide) groups is 1. The van der Waals surface area contributed by atoms with Crippen LogP contribution in [-0.4, -0.2) is 12.1 Å². The second-order valence-electron chi connectivity index (χ2n) is 1.01. The minimum Gasteiger partial charge on any atom is -1.00 e. The molecule has 0 fully saturated rings. The number of allylic oxidation sites excluding steroid dienone is 1. The van der Waals surface area contributed by atoms with E-state index in [1.807, 2.05) is 12.3 Å². The molecule has 0 saturated carbocycles. The molecule has 0 aromatic carbocycles. The maximum atomic E-state index is 3.04. The van der Waals surface area contributed by atoms with Gasteiger partial charge in [-0.15, -0.1) is 0 Å². The summed E-state index contributed by atoms with van der Waals surface area (Å²) in [6.45, 7) is 0. The van der Waals surface area contributed by atoms with Gasteiger partial charge >= 0.3 is 0 Å². The molecular weight excluding hydrogens is 174 g/mol. The van der Waals surface area contributed by atoms with Crippen LogP contribution in [0.15, 0.2) is 11.5 Å². The predicted octanol–water partition coefficient (Wildman–Crippen LogP) is -3.64. The zero-order valence-corrected chi connectivity index (χ0v) is 6.13. The van der Waals surface area contributed by atoms with Crippen LogP contribution >= 0.6 is 11.8 Å². The van der Waals surface area contributed by atoms with Crippen molar-refractivity contribution in [3.63, 3.8) is 0 Å². The van der Waals surface area contributed by atoms with Crippen LogP contribution in [0.4, 0.5) is 0 Å². The highest BCUT2D eigenvalue weighted by molar-refractivity contribution is 8.01. The molecule has 1 aliphatic heterocycles. The van der Waals surface area contributed by atoms with Gasteiger partial charge < -0.3 is 17.0 Å². The molecule has 0 radical (unpaired) electrons. The molecule has 0 atom stereocenters. The topological polar surface area (TPSA) is 14.0 Å². The van der Waals surface area contributed by atoms with Crippen molar-refractivity contribution in [1.82, 2.24) is 0 Å². The normalized spacial score (nSPS) is 16.0. The molecule has 1 aliphatic rings.